The van der Waals surface area contributed by atoms with E-state index in [0.717, 1.165) is 0 Å². The summed E-state index contributed by atoms with van der Waals surface area (Å²) in [5, 5.41) is 41.9. The second-order valence-corrected chi connectivity index (χ2v) is 1.97. The number of rotatable bonds is 4. The summed E-state index contributed by atoms with van der Waals surface area (Å²) in [6, 6.07) is 0. The number of hydrogen-bond acceptors (Lipinski definition) is 6. The molecule has 0 aliphatic rings. The molecule has 0 bridgehead atoms. The van der Waals surface area contributed by atoms with Crippen LogP contribution < -0.4 is 0 Å². The lowest BCUT2D eigenvalue weighted by atomic mass is 10.1. The highest BCUT2D eigenvalue weighted by atomic mass is 16.5. The minimum atomic E-state index is -2.33. The summed E-state index contributed by atoms with van der Waals surface area (Å²) in [7, 11) is 0. The molecule has 0 rings (SSSR count). The summed E-state index contributed by atoms with van der Waals surface area (Å²) >= 11 is 0. The zero-order valence-electron chi connectivity index (χ0n) is 5.58. The molecular formula is C5H10O6. The van der Waals surface area contributed by atoms with Crippen LogP contribution in [-0.2, 0) is 4.79 Å². The average Bonchev–Trinajstić information content (AvgIpc) is 2.00. The topological polar surface area (TPSA) is 118 Å². The Labute approximate surface area is 62.3 Å². The SMILES string of the molecule is O=C(C(O)O)C(O)C(O)CO. The van der Waals surface area contributed by atoms with Crippen molar-refractivity contribution >= 4 is 5.78 Å². The van der Waals surface area contributed by atoms with Crippen molar-refractivity contribution in [2.24, 2.45) is 0 Å². The summed E-state index contributed by atoms with van der Waals surface area (Å²) in [4.78, 5) is 10.4. The van der Waals surface area contributed by atoms with Gasteiger partial charge in [0.25, 0.3) is 0 Å². The van der Waals surface area contributed by atoms with Crippen molar-refractivity contribution in [3.8, 4) is 0 Å². The maximum Gasteiger partial charge on any atom is 0.219 e. The van der Waals surface area contributed by atoms with Gasteiger partial charge in [0.1, 0.15) is 12.2 Å². The van der Waals surface area contributed by atoms with Crippen molar-refractivity contribution in [1.82, 2.24) is 0 Å². The molecule has 66 valence electrons. The molecule has 6 nitrogen and oxygen atoms in total. The molecule has 0 aliphatic carbocycles. The van der Waals surface area contributed by atoms with Gasteiger partial charge in [-0.2, -0.15) is 0 Å². The quantitative estimate of drug-likeness (QED) is 0.277. The highest BCUT2D eigenvalue weighted by Gasteiger charge is 2.27. The fourth-order valence-corrected chi connectivity index (χ4v) is 0.442. The van der Waals surface area contributed by atoms with Crippen LogP contribution in [0.1, 0.15) is 0 Å². The number of ketones is 1. The van der Waals surface area contributed by atoms with Crippen LogP contribution in [0.4, 0.5) is 0 Å². The molecule has 2 unspecified atom stereocenters. The predicted molar refractivity (Wildman–Crippen MR) is 32.3 cm³/mol. The molecule has 0 heterocycles. The third-order valence-corrected chi connectivity index (χ3v) is 1.10. The summed E-state index contributed by atoms with van der Waals surface area (Å²) < 4.78 is 0. The molecule has 0 aromatic rings. The minimum absolute atomic E-state index is 0.820. The van der Waals surface area contributed by atoms with Gasteiger partial charge in [-0.05, 0) is 0 Å². The molecule has 0 aromatic heterocycles. The number of carbonyl (C=O) groups excluding carboxylic acids is 1. The molecule has 0 aliphatic heterocycles. The molecule has 0 radical (unpaired) electrons. The number of aliphatic hydroxyl groups excluding tert-OH is 4. The smallest absolute Gasteiger partial charge is 0.219 e. The molecule has 0 saturated heterocycles. The van der Waals surface area contributed by atoms with E-state index in [4.69, 9.17) is 25.5 Å². The first-order valence-electron chi connectivity index (χ1n) is 2.87. The lowest BCUT2D eigenvalue weighted by Gasteiger charge is -2.14. The predicted octanol–water partition coefficient (Wildman–Crippen LogP) is -3.42. The zero-order valence-corrected chi connectivity index (χ0v) is 5.58. The molecule has 0 spiro atoms. The first-order valence-corrected chi connectivity index (χ1v) is 2.87. The second-order valence-electron chi connectivity index (χ2n) is 1.97. The molecule has 0 saturated carbocycles. The third kappa shape index (κ3) is 2.91. The van der Waals surface area contributed by atoms with E-state index in [0.29, 0.717) is 0 Å². The molecule has 0 amide bonds. The monoisotopic (exact) mass is 166 g/mol. The lowest BCUT2D eigenvalue weighted by molar-refractivity contribution is -0.160. The van der Waals surface area contributed by atoms with E-state index < -0.39 is 30.9 Å². The van der Waals surface area contributed by atoms with E-state index in [9.17, 15) is 4.79 Å². The number of aliphatic hydroxyl groups is 5. The lowest BCUT2D eigenvalue weighted by Crippen LogP contribution is -2.42. The van der Waals surface area contributed by atoms with Crippen molar-refractivity contribution in [2.45, 2.75) is 18.5 Å². The first-order chi connectivity index (χ1) is 5.00. The van der Waals surface area contributed by atoms with E-state index in [1.165, 1.54) is 0 Å². The molecule has 0 fully saturated rings. The normalized spacial score (nSPS) is 16.5. The second kappa shape index (κ2) is 4.37. The van der Waals surface area contributed by atoms with Crippen LogP contribution in [0.15, 0.2) is 0 Å². The summed E-state index contributed by atoms with van der Waals surface area (Å²) in [5.74, 6) is -1.34. The maximum atomic E-state index is 10.4. The maximum absolute atomic E-state index is 10.4. The molecule has 11 heavy (non-hydrogen) atoms. The van der Waals surface area contributed by atoms with Crippen molar-refractivity contribution in [1.29, 1.82) is 0 Å². The Balaban J connectivity index is 4.02. The van der Waals surface area contributed by atoms with E-state index in [2.05, 4.69) is 0 Å². The number of carbonyl (C=O) groups is 1. The van der Waals surface area contributed by atoms with Crippen LogP contribution in [0.25, 0.3) is 0 Å². The Morgan fingerprint density at radius 2 is 1.64 bits per heavy atom. The van der Waals surface area contributed by atoms with Crippen LogP contribution in [0.2, 0.25) is 0 Å². The molecule has 5 N–H and O–H groups in total. The van der Waals surface area contributed by atoms with E-state index in [1.807, 2.05) is 0 Å². The van der Waals surface area contributed by atoms with Crippen LogP contribution in [-0.4, -0.2) is 56.4 Å². The average molecular weight is 166 g/mol. The van der Waals surface area contributed by atoms with Crippen LogP contribution in [0.3, 0.4) is 0 Å². The Kier molecular flexibility index (Phi) is 4.16. The van der Waals surface area contributed by atoms with E-state index in [-0.39, 0.29) is 0 Å². The largest absolute Gasteiger partial charge is 0.394 e. The molecule has 2 atom stereocenters. The van der Waals surface area contributed by atoms with Crippen LogP contribution in [0, 0.1) is 0 Å². The van der Waals surface area contributed by atoms with Gasteiger partial charge < -0.3 is 25.5 Å². The summed E-state index contributed by atoms with van der Waals surface area (Å²) in [6.45, 7) is -0.820. The van der Waals surface area contributed by atoms with Crippen molar-refractivity contribution < 1.29 is 30.3 Å². The Morgan fingerprint density at radius 1 is 1.18 bits per heavy atom. The first kappa shape index (κ1) is 10.5. The van der Waals surface area contributed by atoms with Crippen LogP contribution in [0.5, 0.6) is 0 Å². The van der Waals surface area contributed by atoms with Gasteiger partial charge in [-0.25, -0.2) is 0 Å². The standard InChI is InChI=1S/C5H10O6/c6-1-2(7)3(8)4(9)5(10)11/h2-3,5-8,10-11H,1H2. The van der Waals surface area contributed by atoms with E-state index in [1.54, 1.807) is 0 Å². The fourth-order valence-electron chi connectivity index (χ4n) is 0.442. The Bertz CT molecular complexity index is 133. The van der Waals surface area contributed by atoms with Gasteiger partial charge in [-0.15, -0.1) is 0 Å². The van der Waals surface area contributed by atoms with E-state index >= 15 is 0 Å². The van der Waals surface area contributed by atoms with Crippen LogP contribution >= 0.6 is 0 Å². The van der Waals surface area contributed by atoms with Gasteiger partial charge in [0.05, 0.1) is 6.61 Å². The van der Waals surface area contributed by atoms with Gasteiger partial charge in [-0.1, -0.05) is 0 Å². The van der Waals surface area contributed by atoms with Gasteiger partial charge >= 0.3 is 0 Å². The minimum Gasteiger partial charge on any atom is -0.394 e. The van der Waals surface area contributed by atoms with Crippen molar-refractivity contribution in [3.63, 3.8) is 0 Å². The summed E-state index contributed by atoms with van der Waals surface area (Å²) in [6.07, 6.45) is -5.96. The van der Waals surface area contributed by atoms with Crippen molar-refractivity contribution in [2.75, 3.05) is 6.61 Å². The zero-order chi connectivity index (χ0) is 9.02. The Morgan fingerprint density at radius 3 is 1.91 bits per heavy atom. The molecule has 6 heteroatoms. The summed E-state index contributed by atoms with van der Waals surface area (Å²) in [5.41, 5.74) is 0. The molecular weight excluding hydrogens is 156 g/mol. The highest BCUT2D eigenvalue weighted by molar-refractivity contribution is 5.86. The highest BCUT2D eigenvalue weighted by Crippen LogP contribution is 1.96. The number of Topliss-reactive ketones (excluding diaryl/α,β-unsaturated/α-hetero) is 1. The van der Waals surface area contributed by atoms with Gasteiger partial charge in [-0.3, -0.25) is 4.79 Å². The van der Waals surface area contributed by atoms with Gasteiger partial charge in [0, 0.05) is 0 Å². The number of hydrogen-bond donors (Lipinski definition) is 5. The third-order valence-electron chi connectivity index (χ3n) is 1.10. The van der Waals surface area contributed by atoms with Crippen molar-refractivity contribution in [3.05, 3.63) is 0 Å². The fraction of sp³-hybridized carbons (Fsp3) is 0.800. The molecule has 0 aromatic carbocycles. The van der Waals surface area contributed by atoms with Gasteiger partial charge in [0.2, 0.25) is 12.1 Å². The van der Waals surface area contributed by atoms with Gasteiger partial charge in [0.15, 0.2) is 0 Å². The Hall–Kier alpha value is -0.530.